The number of ether oxygens (including phenoxy) is 2. The van der Waals surface area contributed by atoms with Crippen molar-refractivity contribution in [3.05, 3.63) is 0 Å². The van der Waals surface area contributed by atoms with Crippen LogP contribution in [0.3, 0.4) is 0 Å². The van der Waals surface area contributed by atoms with E-state index in [4.69, 9.17) is 15.2 Å². The maximum absolute atomic E-state index is 6.61. The summed E-state index contributed by atoms with van der Waals surface area (Å²) in [6.45, 7) is 12.6. The van der Waals surface area contributed by atoms with Gasteiger partial charge in [0.05, 0.1) is 12.2 Å². The fourth-order valence-electron chi connectivity index (χ4n) is 3.74. The average Bonchev–Trinajstić information content (AvgIpc) is 2.37. The topological polar surface area (TPSA) is 56.5 Å². The van der Waals surface area contributed by atoms with Crippen LogP contribution in [0.25, 0.3) is 0 Å². The van der Waals surface area contributed by atoms with Gasteiger partial charge in [-0.15, -0.1) is 0 Å². The molecule has 2 aliphatic carbocycles. The standard InChI is InChI=1S/C16H32N2O2/c1-7-20-13-9-16(17,15(13,4)5)10-18-11-8-12(19-6)14(11,2)3/h11-13,18H,7-10,17H2,1-6H3. The first kappa shape index (κ1) is 16.2. The van der Waals surface area contributed by atoms with Gasteiger partial charge in [-0.1, -0.05) is 27.7 Å². The van der Waals surface area contributed by atoms with Crippen molar-refractivity contribution >= 4 is 0 Å². The summed E-state index contributed by atoms with van der Waals surface area (Å²) in [6, 6.07) is 0.495. The molecule has 2 saturated carbocycles. The first-order chi connectivity index (χ1) is 9.19. The summed E-state index contributed by atoms with van der Waals surface area (Å²) in [6.07, 6.45) is 2.68. The molecule has 3 N–H and O–H groups in total. The summed E-state index contributed by atoms with van der Waals surface area (Å²) in [4.78, 5) is 0. The third-order valence-corrected chi connectivity index (χ3v) is 6.13. The highest BCUT2D eigenvalue weighted by Gasteiger charge is 2.59. The molecule has 0 bridgehead atoms. The van der Waals surface area contributed by atoms with Crippen LogP contribution < -0.4 is 11.1 Å². The van der Waals surface area contributed by atoms with Gasteiger partial charge >= 0.3 is 0 Å². The fourth-order valence-corrected chi connectivity index (χ4v) is 3.74. The minimum atomic E-state index is -0.166. The van der Waals surface area contributed by atoms with E-state index in [1.165, 1.54) is 0 Å². The van der Waals surface area contributed by atoms with Gasteiger partial charge in [-0.25, -0.2) is 0 Å². The van der Waals surface area contributed by atoms with Crippen molar-refractivity contribution in [2.24, 2.45) is 16.6 Å². The van der Waals surface area contributed by atoms with E-state index in [1.807, 2.05) is 6.92 Å². The monoisotopic (exact) mass is 284 g/mol. The van der Waals surface area contributed by atoms with Crippen molar-refractivity contribution in [3.63, 3.8) is 0 Å². The largest absolute Gasteiger partial charge is 0.381 e. The Bertz CT molecular complexity index is 356. The van der Waals surface area contributed by atoms with E-state index < -0.39 is 0 Å². The predicted octanol–water partition coefficient (Wildman–Crippen LogP) is 1.92. The molecule has 4 heteroatoms. The molecule has 4 unspecified atom stereocenters. The number of methoxy groups -OCH3 is 1. The van der Waals surface area contributed by atoms with Gasteiger partial charge < -0.3 is 20.5 Å². The molecule has 4 atom stereocenters. The van der Waals surface area contributed by atoms with Crippen LogP contribution in [0.5, 0.6) is 0 Å². The Morgan fingerprint density at radius 1 is 1.20 bits per heavy atom. The van der Waals surface area contributed by atoms with Crippen LogP contribution in [0.4, 0.5) is 0 Å². The van der Waals surface area contributed by atoms with Gasteiger partial charge in [0.2, 0.25) is 0 Å². The summed E-state index contributed by atoms with van der Waals surface area (Å²) in [5.41, 5.74) is 6.67. The Morgan fingerprint density at radius 2 is 1.85 bits per heavy atom. The van der Waals surface area contributed by atoms with Crippen molar-refractivity contribution in [2.45, 2.75) is 71.2 Å². The number of nitrogens with one attached hydrogen (secondary N) is 1. The molecule has 118 valence electrons. The molecule has 0 aromatic rings. The van der Waals surface area contributed by atoms with E-state index in [0.717, 1.165) is 26.0 Å². The average molecular weight is 284 g/mol. The van der Waals surface area contributed by atoms with Crippen LogP contribution in [0.2, 0.25) is 0 Å². The molecule has 0 amide bonds. The first-order valence-corrected chi connectivity index (χ1v) is 7.85. The molecule has 2 rings (SSSR count). The smallest absolute Gasteiger partial charge is 0.0662 e. The van der Waals surface area contributed by atoms with E-state index in [0.29, 0.717) is 18.2 Å². The number of hydrogen-bond acceptors (Lipinski definition) is 4. The molecule has 0 aromatic carbocycles. The highest BCUT2D eigenvalue weighted by atomic mass is 16.5. The highest BCUT2D eigenvalue weighted by Crippen LogP contribution is 2.50. The molecular weight excluding hydrogens is 252 g/mol. The maximum atomic E-state index is 6.61. The number of rotatable bonds is 6. The fraction of sp³-hybridized carbons (Fsp3) is 1.00. The Hall–Kier alpha value is -0.160. The highest BCUT2D eigenvalue weighted by molar-refractivity contribution is 5.15. The van der Waals surface area contributed by atoms with Gasteiger partial charge in [0.1, 0.15) is 0 Å². The van der Waals surface area contributed by atoms with Crippen LogP contribution in [-0.2, 0) is 9.47 Å². The lowest BCUT2D eigenvalue weighted by atomic mass is 9.54. The zero-order valence-corrected chi connectivity index (χ0v) is 14.0. The molecule has 0 aromatic heterocycles. The van der Waals surface area contributed by atoms with E-state index in [1.54, 1.807) is 7.11 Å². The van der Waals surface area contributed by atoms with E-state index in [9.17, 15) is 0 Å². The lowest BCUT2D eigenvalue weighted by Crippen LogP contribution is -2.75. The van der Waals surface area contributed by atoms with Crippen molar-refractivity contribution in [2.75, 3.05) is 20.3 Å². The Balaban J connectivity index is 1.87. The van der Waals surface area contributed by atoms with Gasteiger partial charge in [0.15, 0.2) is 0 Å². The Labute approximate surface area is 123 Å². The number of hydrogen-bond donors (Lipinski definition) is 2. The maximum Gasteiger partial charge on any atom is 0.0662 e. The quantitative estimate of drug-likeness (QED) is 0.782. The summed E-state index contributed by atoms with van der Waals surface area (Å²) >= 11 is 0. The van der Waals surface area contributed by atoms with Crippen molar-refractivity contribution in [1.29, 1.82) is 0 Å². The third kappa shape index (κ3) is 2.31. The molecule has 4 nitrogen and oxygen atoms in total. The van der Waals surface area contributed by atoms with Gasteiger partial charge in [-0.3, -0.25) is 0 Å². The number of nitrogens with two attached hydrogens (primary N) is 1. The second-order valence-corrected chi connectivity index (χ2v) is 7.74. The molecule has 0 radical (unpaired) electrons. The first-order valence-electron chi connectivity index (χ1n) is 7.85. The summed E-state index contributed by atoms with van der Waals surface area (Å²) in [7, 11) is 1.80. The van der Waals surface area contributed by atoms with Crippen LogP contribution in [0.15, 0.2) is 0 Å². The molecule has 2 aliphatic rings. The Morgan fingerprint density at radius 3 is 2.30 bits per heavy atom. The molecule has 2 fully saturated rings. The second-order valence-electron chi connectivity index (χ2n) is 7.74. The van der Waals surface area contributed by atoms with Gasteiger partial charge in [-0.05, 0) is 19.8 Å². The minimum absolute atomic E-state index is 0.0323. The van der Waals surface area contributed by atoms with E-state index in [2.05, 4.69) is 33.0 Å². The van der Waals surface area contributed by atoms with Crippen molar-refractivity contribution in [1.82, 2.24) is 5.32 Å². The van der Waals surface area contributed by atoms with Gasteiger partial charge in [-0.2, -0.15) is 0 Å². The molecule has 0 saturated heterocycles. The van der Waals surface area contributed by atoms with Crippen molar-refractivity contribution in [3.8, 4) is 0 Å². The van der Waals surface area contributed by atoms with Crippen molar-refractivity contribution < 1.29 is 9.47 Å². The van der Waals surface area contributed by atoms with E-state index in [-0.39, 0.29) is 16.4 Å². The zero-order chi connectivity index (χ0) is 15.2. The van der Waals surface area contributed by atoms with Gasteiger partial charge in [0.25, 0.3) is 0 Å². The lowest BCUT2D eigenvalue weighted by Gasteiger charge is -2.61. The molecule has 20 heavy (non-hydrogen) atoms. The minimum Gasteiger partial charge on any atom is -0.381 e. The van der Waals surface area contributed by atoms with Crippen LogP contribution in [-0.4, -0.2) is 44.1 Å². The summed E-state index contributed by atoms with van der Waals surface area (Å²) in [5, 5.41) is 3.67. The van der Waals surface area contributed by atoms with Crippen LogP contribution in [0, 0.1) is 10.8 Å². The summed E-state index contributed by atoms with van der Waals surface area (Å²) in [5.74, 6) is 0. The zero-order valence-electron chi connectivity index (χ0n) is 14.0. The molecule has 0 spiro atoms. The molecule has 0 aliphatic heterocycles. The molecule has 0 heterocycles. The van der Waals surface area contributed by atoms with E-state index >= 15 is 0 Å². The van der Waals surface area contributed by atoms with Crippen LogP contribution in [0.1, 0.15) is 47.5 Å². The lowest BCUT2D eigenvalue weighted by molar-refractivity contribution is -0.154. The molecular formula is C16H32N2O2. The normalized spacial score (nSPS) is 41.9. The van der Waals surface area contributed by atoms with Gasteiger partial charge in [0, 0.05) is 42.7 Å². The Kier molecular flexibility index (Phi) is 4.25. The summed E-state index contributed by atoms with van der Waals surface area (Å²) < 4.78 is 11.3. The third-order valence-electron chi connectivity index (χ3n) is 6.13. The van der Waals surface area contributed by atoms with Crippen LogP contribution >= 0.6 is 0 Å². The SMILES string of the molecule is CCOC1CC(N)(CNC2CC(OC)C2(C)C)C1(C)C. The second kappa shape index (κ2) is 5.24. The predicted molar refractivity (Wildman–Crippen MR) is 81.7 cm³/mol.